The monoisotopic (exact) mass is 385 g/mol. The summed E-state index contributed by atoms with van der Waals surface area (Å²) >= 11 is 15.0. The number of nitrogens with zero attached hydrogens (tertiary/aromatic N) is 1. The molecule has 1 aliphatic rings. The SMILES string of the molecule is CN(CC1CC(Cl)C1)S(=O)(=O)c1ccc(Cl)c(Br)c1. The molecule has 0 N–H and O–H groups in total. The van der Waals surface area contributed by atoms with Crippen molar-refractivity contribution in [1.29, 1.82) is 0 Å². The van der Waals surface area contributed by atoms with Crippen LogP contribution in [0.2, 0.25) is 5.02 Å². The molecule has 1 fully saturated rings. The summed E-state index contributed by atoms with van der Waals surface area (Å²) in [5.41, 5.74) is 0. The van der Waals surface area contributed by atoms with Crippen LogP contribution in [-0.4, -0.2) is 31.7 Å². The van der Waals surface area contributed by atoms with Crippen LogP contribution >= 0.6 is 39.1 Å². The first-order valence-electron chi connectivity index (χ1n) is 5.86. The van der Waals surface area contributed by atoms with Gasteiger partial charge in [-0.3, -0.25) is 0 Å². The molecule has 1 aromatic rings. The zero-order chi connectivity index (χ0) is 14.2. The lowest BCUT2D eigenvalue weighted by Gasteiger charge is -2.33. The van der Waals surface area contributed by atoms with E-state index >= 15 is 0 Å². The largest absolute Gasteiger partial charge is 0.242 e. The molecule has 19 heavy (non-hydrogen) atoms. The molecule has 1 saturated carbocycles. The second kappa shape index (κ2) is 5.90. The number of alkyl halides is 1. The Kier molecular flexibility index (Phi) is 4.83. The average Bonchev–Trinajstić information content (AvgIpc) is 2.30. The molecule has 1 aromatic carbocycles. The Bertz CT molecular complexity index is 573. The number of sulfonamides is 1. The molecule has 0 spiro atoms. The number of hydrogen-bond donors (Lipinski definition) is 0. The maximum atomic E-state index is 12.4. The van der Waals surface area contributed by atoms with Crippen molar-refractivity contribution in [3.05, 3.63) is 27.7 Å². The van der Waals surface area contributed by atoms with Gasteiger partial charge in [-0.1, -0.05) is 11.6 Å². The Hall–Kier alpha value is 0.190. The maximum absolute atomic E-state index is 12.4. The zero-order valence-electron chi connectivity index (χ0n) is 10.3. The van der Waals surface area contributed by atoms with E-state index in [1.165, 1.54) is 16.4 Å². The van der Waals surface area contributed by atoms with E-state index in [4.69, 9.17) is 23.2 Å². The summed E-state index contributed by atoms with van der Waals surface area (Å²) in [7, 11) is -1.87. The number of hydrogen-bond acceptors (Lipinski definition) is 2. The van der Waals surface area contributed by atoms with Gasteiger partial charge in [0.05, 0.1) is 9.92 Å². The lowest BCUT2D eigenvalue weighted by atomic mass is 9.85. The van der Waals surface area contributed by atoms with Crippen LogP contribution in [0.3, 0.4) is 0 Å². The van der Waals surface area contributed by atoms with Crippen LogP contribution in [0.25, 0.3) is 0 Å². The van der Waals surface area contributed by atoms with Gasteiger partial charge < -0.3 is 0 Å². The van der Waals surface area contributed by atoms with Gasteiger partial charge in [0.1, 0.15) is 0 Å². The van der Waals surface area contributed by atoms with Crippen LogP contribution < -0.4 is 0 Å². The van der Waals surface area contributed by atoms with E-state index < -0.39 is 10.0 Å². The Labute approximate surface area is 132 Å². The predicted molar refractivity (Wildman–Crippen MR) is 81.3 cm³/mol. The highest BCUT2D eigenvalue weighted by molar-refractivity contribution is 9.10. The minimum absolute atomic E-state index is 0.200. The molecule has 0 atom stereocenters. The molecule has 7 heteroatoms. The topological polar surface area (TPSA) is 37.4 Å². The van der Waals surface area contributed by atoms with Gasteiger partial charge in [0.15, 0.2) is 0 Å². The third-order valence-electron chi connectivity index (χ3n) is 3.29. The van der Waals surface area contributed by atoms with E-state index in [2.05, 4.69) is 15.9 Å². The molecule has 0 saturated heterocycles. The van der Waals surface area contributed by atoms with Crippen LogP contribution in [0.5, 0.6) is 0 Å². The number of benzene rings is 1. The van der Waals surface area contributed by atoms with Gasteiger partial charge in [0, 0.05) is 23.4 Å². The lowest BCUT2D eigenvalue weighted by Crippen LogP contribution is -2.37. The van der Waals surface area contributed by atoms with E-state index in [9.17, 15) is 8.42 Å². The standard InChI is InChI=1S/C12H14BrCl2NO2S/c1-16(7-8-4-9(14)5-8)19(17,18)10-2-3-12(15)11(13)6-10/h2-3,6,8-9H,4-5,7H2,1H3. The molecule has 3 nitrogen and oxygen atoms in total. The van der Waals surface area contributed by atoms with Crippen molar-refractivity contribution < 1.29 is 8.42 Å². The lowest BCUT2D eigenvalue weighted by molar-refractivity contribution is 0.268. The second-order valence-corrected chi connectivity index (χ2v) is 8.72. The van der Waals surface area contributed by atoms with Gasteiger partial charge >= 0.3 is 0 Å². The minimum atomic E-state index is -3.47. The van der Waals surface area contributed by atoms with Crippen LogP contribution in [0.15, 0.2) is 27.6 Å². The first-order valence-corrected chi connectivity index (χ1v) is 8.91. The Morgan fingerprint density at radius 3 is 2.58 bits per heavy atom. The van der Waals surface area contributed by atoms with E-state index in [1.54, 1.807) is 13.1 Å². The van der Waals surface area contributed by atoms with Gasteiger partial charge in [-0.05, 0) is 52.9 Å². The fraction of sp³-hybridized carbons (Fsp3) is 0.500. The van der Waals surface area contributed by atoms with E-state index in [-0.39, 0.29) is 10.3 Å². The predicted octanol–water partition coefficient (Wildman–Crippen LogP) is 3.74. The molecule has 0 radical (unpaired) electrons. The van der Waals surface area contributed by atoms with Crippen LogP contribution in [0, 0.1) is 5.92 Å². The van der Waals surface area contributed by atoms with Crippen LogP contribution in [0.4, 0.5) is 0 Å². The quantitative estimate of drug-likeness (QED) is 0.739. The highest BCUT2D eigenvalue weighted by Crippen LogP contribution is 2.33. The summed E-state index contributed by atoms with van der Waals surface area (Å²) in [6, 6.07) is 4.62. The summed E-state index contributed by atoms with van der Waals surface area (Å²) in [6.07, 6.45) is 1.76. The summed E-state index contributed by atoms with van der Waals surface area (Å²) in [6.45, 7) is 0.506. The first kappa shape index (κ1) is 15.6. The minimum Gasteiger partial charge on any atom is -0.207 e. The van der Waals surface area contributed by atoms with Gasteiger partial charge in [-0.2, -0.15) is 0 Å². The van der Waals surface area contributed by atoms with Crippen molar-refractivity contribution in [2.24, 2.45) is 5.92 Å². The molecule has 0 heterocycles. The second-order valence-electron chi connectivity index (χ2n) is 4.80. The average molecular weight is 387 g/mol. The van der Waals surface area contributed by atoms with Gasteiger partial charge in [0.25, 0.3) is 0 Å². The van der Waals surface area contributed by atoms with Crippen molar-refractivity contribution in [3.8, 4) is 0 Å². The molecule has 106 valence electrons. The molecule has 0 aromatic heterocycles. The molecule has 1 aliphatic carbocycles. The molecular formula is C12H14BrCl2NO2S. The Balaban J connectivity index is 2.14. The molecule has 0 amide bonds. The van der Waals surface area contributed by atoms with Crippen molar-refractivity contribution in [3.63, 3.8) is 0 Å². The van der Waals surface area contributed by atoms with Gasteiger partial charge in [-0.15, -0.1) is 11.6 Å². The fourth-order valence-corrected chi connectivity index (χ4v) is 4.51. The summed E-state index contributed by atoms with van der Waals surface area (Å²) in [4.78, 5) is 0.244. The van der Waals surface area contributed by atoms with Crippen molar-refractivity contribution >= 4 is 49.2 Å². The molecule has 0 unspecified atom stereocenters. The molecule has 0 bridgehead atoms. The first-order chi connectivity index (χ1) is 8.80. The van der Waals surface area contributed by atoms with E-state index in [0.29, 0.717) is 22.0 Å². The van der Waals surface area contributed by atoms with E-state index in [0.717, 1.165) is 12.8 Å². The van der Waals surface area contributed by atoms with Gasteiger partial charge in [-0.25, -0.2) is 12.7 Å². The highest BCUT2D eigenvalue weighted by atomic mass is 79.9. The van der Waals surface area contributed by atoms with Crippen LogP contribution in [-0.2, 0) is 10.0 Å². The van der Waals surface area contributed by atoms with Crippen LogP contribution in [0.1, 0.15) is 12.8 Å². The third-order valence-corrected chi connectivity index (χ3v) is 6.68. The Morgan fingerprint density at radius 1 is 1.42 bits per heavy atom. The molecular weight excluding hydrogens is 373 g/mol. The number of rotatable bonds is 4. The molecule has 2 rings (SSSR count). The third kappa shape index (κ3) is 3.45. The highest BCUT2D eigenvalue weighted by Gasteiger charge is 2.31. The number of halogens is 3. The van der Waals surface area contributed by atoms with Gasteiger partial charge in [0.2, 0.25) is 10.0 Å². The fourth-order valence-electron chi connectivity index (χ4n) is 2.08. The summed E-state index contributed by atoms with van der Waals surface area (Å²) in [5, 5.41) is 0.691. The Morgan fingerprint density at radius 2 is 2.05 bits per heavy atom. The van der Waals surface area contributed by atoms with Crippen molar-refractivity contribution in [2.75, 3.05) is 13.6 Å². The van der Waals surface area contributed by atoms with Crippen molar-refractivity contribution in [1.82, 2.24) is 4.31 Å². The maximum Gasteiger partial charge on any atom is 0.242 e. The summed E-state index contributed by atoms with van der Waals surface area (Å²) in [5.74, 6) is 0.359. The smallest absolute Gasteiger partial charge is 0.207 e. The molecule has 0 aliphatic heterocycles. The zero-order valence-corrected chi connectivity index (χ0v) is 14.2. The van der Waals surface area contributed by atoms with Crippen molar-refractivity contribution in [2.45, 2.75) is 23.1 Å². The van der Waals surface area contributed by atoms with E-state index in [1.807, 2.05) is 0 Å². The normalized spacial score (nSPS) is 23.4. The summed E-state index contributed by atoms with van der Waals surface area (Å²) < 4.78 is 26.7.